The van der Waals surface area contributed by atoms with E-state index in [0.717, 1.165) is 14.2 Å². The lowest BCUT2D eigenvalue weighted by Crippen LogP contribution is -2.31. The third-order valence-corrected chi connectivity index (χ3v) is 6.96. The molecule has 2 aromatic carbocycles. The summed E-state index contributed by atoms with van der Waals surface area (Å²) in [5, 5.41) is 22.5. The quantitative estimate of drug-likeness (QED) is 0.276. The zero-order valence-electron chi connectivity index (χ0n) is 24.0. The van der Waals surface area contributed by atoms with Gasteiger partial charge in [0.2, 0.25) is 11.6 Å². The van der Waals surface area contributed by atoms with Crippen molar-refractivity contribution in [3.05, 3.63) is 70.2 Å². The molecule has 0 fully saturated rings. The Kier molecular flexibility index (Phi) is 10.2. The molecule has 0 heterocycles. The highest BCUT2D eigenvalue weighted by atomic mass is 16.5. The Hall–Kier alpha value is -5.00. The summed E-state index contributed by atoms with van der Waals surface area (Å²) < 4.78 is 30.9. The van der Waals surface area contributed by atoms with E-state index in [1.54, 1.807) is 12.1 Å². The highest BCUT2D eigenvalue weighted by Gasteiger charge is 2.44. The summed E-state index contributed by atoms with van der Waals surface area (Å²) in [7, 11) is 7.86. The van der Waals surface area contributed by atoms with Crippen LogP contribution in [0.5, 0.6) is 23.0 Å². The van der Waals surface area contributed by atoms with Crippen LogP contribution in [-0.4, -0.2) is 76.4 Å². The minimum Gasteiger partial charge on any atom is -0.504 e. The first-order valence-electron chi connectivity index (χ1n) is 12.6. The van der Waals surface area contributed by atoms with Crippen LogP contribution in [-0.2, 0) is 28.7 Å². The van der Waals surface area contributed by atoms with E-state index < -0.39 is 70.8 Å². The van der Waals surface area contributed by atoms with Gasteiger partial charge in [0.25, 0.3) is 0 Å². The number of carbonyl (C=O) groups is 4. The lowest BCUT2D eigenvalue weighted by Gasteiger charge is -2.28. The van der Waals surface area contributed by atoms with E-state index in [9.17, 15) is 29.4 Å². The van der Waals surface area contributed by atoms with Crippen molar-refractivity contribution in [3.63, 3.8) is 0 Å². The molecule has 0 amide bonds. The predicted octanol–water partition coefficient (Wildman–Crippen LogP) is 3.49. The van der Waals surface area contributed by atoms with E-state index in [0.29, 0.717) is 11.5 Å². The van der Waals surface area contributed by atoms with Crippen LogP contribution in [0.4, 0.5) is 0 Å². The molecule has 0 radical (unpaired) electrons. The first-order chi connectivity index (χ1) is 20.1. The van der Waals surface area contributed by atoms with Gasteiger partial charge in [0.15, 0.2) is 11.5 Å². The van der Waals surface area contributed by atoms with Crippen LogP contribution in [0.1, 0.15) is 35.8 Å². The van der Waals surface area contributed by atoms with Gasteiger partial charge in [-0.2, -0.15) is 0 Å². The molecule has 2 atom stereocenters. The van der Waals surface area contributed by atoms with Gasteiger partial charge in [-0.3, -0.25) is 19.2 Å². The number of hydrogen-bond acceptors (Lipinski definition) is 12. The van der Waals surface area contributed by atoms with Gasteiger partial charge in [-0.25, -0.2) is 0 Å². The number of Topliss-reactive ketones (excluding diaryl/α,β-unsaturated/α-hetero) is 2. The third kappa shape index (κ3) is 6.17. The van der Waals surface area contributed by atoms with E-state index in [1.807, 2.05) is 0 Å². The standard InChI is InChI=1S/C30H32O12/c1-37-15-7-9-17(21(11-15)39-3)19(13-23(31)41-5)25-27(33)29(35)26(30(36)28(25)34)20(14-24(32)42-6)18-10-8-16(38-2)12-22(18)40-4/h7-12,19-20,33,36H,13-14H2,1-6H3/t19-,20-/m0/s1. The van der Waals surface area contributed by atoms with Crippen molar-refractivity contribution in [1.29, 1.82) is 0 Å². The van der Waals surface area contributed by atoms with Crippen molar-refractivity contribution in [3.8, 4) is 23.0 Å². The fourth-order valence-electron chi connectivity index (χ4n) is 4.81. The molecular formula is C30H32O12. The molecule has 0 saturated carbocycles. The summed E-state index contributed by atoms with van der Waals surface area (Å²) in [5.41, 5.74) is -0.613. The summed E-state index contributed by atoms with van der Waals surface area (Å²) in [4.78, 5) is 52.4. The fourth-order valence-corrected chi connectivity index (χ4v) is 4.81. The molecule has 1 aliphatic carbocycles. The Morgan fingerprint density at radius 1 is 0.619 bits per heavy atom. The molecule has 224 valence electrons. The summed E-state index contributed by atoms with van der Waals surface area (Å²) in [5.74, 6) is -7.17. The molecule has 12 heteroatoms. The molecule has 0 aliphatic heterocycles. The number of methoxy groups -OCH3 is 6. The Bertz CT molecular complexity index is 1340. The molecule has 1 aliphatic rings. The lowest BCUT2D eigenvalue weighted by atomic mass is 9.75. The molecule has 0 unspecified atom stereocenters. The zero-order valence-corrected chi connectivity index (χ0v) is 24.0. The van der Waals surface area contributed by atoms with Gasteiger partial charge >= 0.3 is 11.9 Å². The van der Waals surface area contributed by atoms with E-state index >= 15 is 0 Å². The van der Waals surface area contributed by atoms with Crippen LogP contribution < -0.4 is 18.9 Å². The van der Waals surface area contributed by atoms with Crippen molar-refractivity contribution in [2.75, 3.05) is 42.7 Å². The van der Waals surface area contributed by atoms with Crippen molar-refractivity contribution in [1.82, 2.24) is 0 Å². The topological polar surface area (TPSA) is 164 Å². The SMILES string of the molecule is COC(=O)C[C@H](C1=C(O)C(=O)C([C@@H](CC(=O)OC)c2ccc(OC)cc2OC)=C(O)C1=O)c1ccc(OC)cc1OC. The number of esters is 2. The molecular weight excluding hydrogens is 552 g/mol. The van der Waals surface area contributed by atoms with Crippen LogP contribution in [0.2, 0.25) is 0 Å². The number of allylic oxidation sites excluding steroid dienone is 2. The number of carbonyl (C=O) groups excluding carboxylic acids is 4. The van der Waals surface area contributed by atoms with Crippen LogP contribution in [0.15, 0.2) is 59.1 Å². The Labute approximate surface area is 242 Å². The van der Waals surface area contributed by atoms with Crippen LogP contribution in [0.3, 0.4) is 0 Å². The number of ether oxygens (including phenoxy) is 6. The summed E-state index contributed by atoms with van der Waals surface area (Å²) >= 11 is 0. The summed E-state index contributed by atoms with van der Waals surface area (Å²) in [6.07, 6.45) is -0.976. The minimum absolute atomic E-state index is 0.185. The molecule has 2 N–H and O–H groups in total. The second kappa shape index (κ2) is 13.6. The van der Waals surface area contributed by atoms with Gasteiger partial charge in [-0.15, -0.1) is 0 Å². The van der Waals surface area contributed by atoms with Crippen molar-refractivity contribution >= 4 is 23.5 Å². The van der Waals surface area contributed by atoms with Crippen molar-refractivity contribution < 1.29 is 57.8 Å². The summed E-state index contributed by atoms with van der Waals surface area (Å²) in [6.45, 7) is 0. The second-order valence-electron chi connectivity index (χ2n) is 9.06. The van der Waals surface area contributed by atoms with Gasteiger partial charge in [-0.05, 0) is 12.1 Å². The van der Waals surface area contributed by atoms with E-state index in [-0.39, 0.29) is 22.6 Å². The smallest absolute Gasteiger partial charge is 0.306 e. The van der Waals surface area contributed by atoms with Crippen molar-refractivity contribution in [2.45, 2.75) is 24.7 Å². The monoisotopic (exact) mass is 584 g/mol. The van der Waals surface area contributed by atoms with Crippen LogP contribution in [0.25, 0.3) is 0 Å². The van der Waals surface area contributed by atoms with Gasteiger partial charge < -0.3 is 38.6 Å². The van der Waals surface area contributed by atoms with Gasteiger partial charge in [0, 0.05) is 35.1 Å². The number of ketones is 2. The average molecular weight is 585 g/mol. The number of benzene rings is 2. The molecule has 3 rings (SSSR count). The van der Waals surface area contributed by atoms with Gasteiger partial charge in [0.05, 0.1) is 66.6 Å². The number of rotatable bonds is 12. The Morgan fingerprint density at radius 2 is 0.976 bits per heavy atom. The highest BCUT2D eigenvalue weighted by Crippen LogP contribution is 2.45. The molecule has 2 aromatic rings. The molecule has 0 saturated heterocycles. The first kappa shape index (κ1) is 31.5. The predicted molar refractivity (Wildman–Crippen MR) is 147 cm³/mol. The van der Waals surface area contributed by atoms with E-state index in [4.69, 9.17) is 28.4 Å². The fraction of sp³-hybridized carbons (Fsp3) is 0.333. The molecule has 0 spiro atoms. The lowest BCUT2D eigenvalue weighted by molar-refractivity contribution is -0.142. The first-order valence-corrected chi connectivity index (χ1v) is 12.6. The second-order valence-corrected chi connectivity index (χ2v) is 9.06. The normalized spacial score (nSPS) is 14.7. The third-order valence-electron chi connectivity index (χ3n) is 6.96. The van der Waals surface area contributed by atoms with Crippen LogP contribution >= 0.6 is 0 Å². The maximum absolute atomic E-state index is 13.8. The van der Waals surface area contributed by atoms with Crippen LogP contribution in [0, 0.1) is 0 Å². The largest absolute Gasteiger partial charge is 0.504 e. The van der Waals surface area contributed by atoms with Gasteiger partial charge in [-0.1, -0.05) is 12.1 Å². The maximum atomic E-state index is 13.8. The zero-order chi connectivity index (χ0) is 31.1. The molecule has 12 nitrogen and oxygen atoms in total. The minimum atomic E-state index is -1.27. The van der Waals surface area contributed by atoms with Gasteiger partial charge in [0.1, 0.15) is 23.0 Å². The number of aliphatic hydroxyl groups is 2. The molecule has 0 aromatic heterocycles. The average Bonchev–Trinajstić information content (AvgIpc) is 3.01. The maximum Gasteiger partial charge on any atom is 0.306 e. The highest BCUT2D eigenvalue weighted by molar-refractivity contribution is 6.24. The Balaban J connectivity index is 2.24. The van der Waals surface area contributed by atoms with E-state index in [1.165, 1.54) is 52.7 Å². The molecule has 0 bridgehead atoms. The summed E-state index contributed by atoms with van der Waals surface area (Å²) in [6, 6.07) is 9.08. The van der Waals surface area contributed by atoms with Crippen molar-refractivity contribution in [2.24, 2.45) is 0 Å². The number of aliphatic hydroxyl groups excluding tert-OH is 2. The Morgan fingerprint density at radius 3 is 1.26 bits per heavy atom. The van der Waals surface area contributed by atoms with E-state index in [2.05, 4.69) is 0 Å². The number of hydrogen-bond donors (Lipinski definition) is 2. The molecule has 42 heavy (non-hydrogen) atoms.